The van der Waals surface area contributed by atoms with Gasteiger partial charge in [-0.25, -0.2) is 0 Å². The molecule has 2 aromatic carbocycles. The molecule has 0 aliphatic rings. The minimum absolute atomic E-state index is 0.0952. The smallest absolute Gasteiger partial charge is 0.243 e. The number of para-hydroxylation sites is 1. The normalized spacial score (nSPS) is 10.0. The van der Waals surface area contributed by atoms with Crippen LogP contribution in [0.4, 0.5) is 11.4 Å². The molecule has 2 rings (SSSR count). The number of carbonyl (C=O) groups is 1. The second-order valence-electron chi connectivity index (χ2n) is 5.13. The van der Waals surface area contributed by atoms with Gasteiger partial charge in [0.2, 0.25) is 5.91 Å². The average Bonchev–Trinajstić information content (AvgIpc) is 2.51. The molecule has 0 aliphatic heterocycles. The van der Waals surface area contributed by atoms with Crippen LogP contribution in [0.3, 0.4) is 0 Å². The summed E-state index contributed by atoms with van der Waals surface area (Å²) in [7, 11) is 0. The molecule has 0 unspecified atom stereocenters. The van der Waals surface area contributed by atoms with Crippen LogP contribution in [0.1, 0.15) is 11.1 Å². The lowest BCUT2D eigenvalue weighted by Gasteiger charge is -2.12. The zero-order chi connectivity index (χ0) is 16.8. The van der Waals surface area contributed by atoms with Gasteiger partial charge in [-0.3, -0.25) is 4.79 Å². The minimum atomic E-state index is -0.166. The molecule has 0 spiro atoms. The van der Waals surface area contributed by atoms with E-state index >= 15 is 0 Å². The van der Waals surface area contributed by atoms with Gasteiger partial charge in [-0.15, -0.1) is 0 Å². The van der Waals surface area contributed by atoms with Crippen molar-refractivity contribution < 1.29 is 4.79 Å². The average molecular weight is 392 g/mol. The molecule has 1 amide bonds. The highest BCUT2D eigenvalue weighted by Gasteiger charge is 2.06. The first-order valence-corrected chi connectivity index (χ1v) is 8.32. The number of rotatable bonds is 4. The Bertz CT molecular complexity index is 734. The number of hydrogen-bond acceptors (Lipinski definition) is 2. The van der Waals surface area contributed by atoms with Crippen LogP contribution in [0.25, 0.3) is 0 Å². The lowest BCUT2D eigenvalue weighted by Crippen LogP contribution is -2.35. The molecule has 0 aromatic heterocycles. The Balaban J connectivity index is 1.83. The standard InChI is InChI=1S/C17H18BrN3OS/c1-11-7-8-13(9-12(11)2)20-17(23)19-10-16(22)21-15-6-4-3-5-14(15)18/h3-9H,10H2,1-2H3,(H,21,22)(H2,19,20,23). The van der Waals surface area contributed by atoms with E-state index in [0.717, 1.165) is 15.8 Å². The summed E-state index contributed by atoms with van der Waals surface area (Å²) in [6, 6.07) is 13.4. The third kappa shape index (κ3) is 5.33. The molecular formula is C17H18BrN3OS. The highest BCUT2D eigenvalue weighted by Crippen LogP contribution is 2.20. The van der Waals surface area contributed by atoms with E-state index in [2.05, 4.69) is 38.8 Å². The molecular weight excluding hydrogens is 374 g/mol. The van der Waals surface area contributed by atoms with E-state index in [-0.39, 0.29) is 12.5 Å². The van der Waals surface area contributed by atoms with Gasteiger partial charge in [0.15, 0.2) is 5.11 Å². The first kappa shape index (κ1) is 17.4. The number of aryl methyl sites for hydroxylation is 2. The van der Waals surface area contributed by atoms with Crippen molar-refractivity contribution in [3.63, 3.8) is 0 Å². The number of hydrogen-bond donors (Lipinski definition) is 3. The van der Waals surface area contributed by atoms with Gasteiger partial charge in [-0.1, -0.05) is 18.2 Å². The van der Waals surface area contributed by atoms with Crippen molar-refractivity contribution in [2.24, 2.45) is 0 Å². The van der Waals surface area contributed by atoms with Crippen molar-refractivity contribution in [3.8, 4) is 0 Å². The Hall–Kier alpha value is -1.92. The largest absolute Gasteiger partial charge is 0.353 e. The van der Waals surface area contributed by atoms with Crippen molar-refractivity contribution in [2.75, 3.05) is 17.2 Å². The summed E-state index contributed by atoms with van der Waals surface area (Å²) in [4.78, 5) is 11.9. The van der Waals surface area contributed by atoms with Gasteiger partial charge < -0.3 is 16.0 Å². The van der Waals surface area contributed by atoms with Crippen molar-refractivity contribution in [1.29, 1.82) is 0 Å². The maximum Gasteiger partial charge on any atom is 0.243 e. The fourth-order valence-electron chi connectivity index (χ4n) is 1.91. The molecule has 0 fully saturated rings. The summed E-state index contributed by atoms with van der Waals surface area (Å²) in [6.07, 6.45) is 0. The maximum atomic E-state index is 11.9. The molecule has 0 aliphatic carbocycles. The predicted molar refractivity (Wildman–Crippen MR) is 103 cm³/mol. The Labute approximate surface area is 149 Å². The molecule has 0 bridgehead atoms. The highest BCUT2D eigenvalue weighted by molar-refractivity contribution is 9.10. The second-order valence-corrected chi connectivity index (χ2v) is 6.40. The number of thiocarbonyl (C=S) groups is 1. The van der Waals surface area contributed by atoms with E-state index in [1.54, 1.807) is 0 Å². The summed E-state index contributed by atoms with van der Waals surface area (Å²) < 4.78 is 0.837. The van der Waals surface area contributed by atoms with Gasteiger partial charge in [-0.2, -0.15) is 0 Å². The minimum Gasteiger partial charge on any atom is -0.353 e. The topological polar surface area (TPSA) is 53.2 Å². The Kier molecular flexibility index (Phi) is 6.12. The quantitative estimate of drug-likeness (QED) is 0.689. The fourth-order valence-corrected chi connectivity index (χ4v) is 2.49. The Morgan fingerprint density at radius 2 is 1.83 bits per heavy atom. The van der Waals surface area contributed by atoms with E-state index in [1.165, 1.54) is 11.1 Å². The second kappa shape index (κ2) is 8.08. The van der Waals surface area contributed by atoms with Gasteiger partial charge in [0.05, 0.1) is 12.2 Å². The van der Waals surface area contributed by atoms with Crippen LogP contribution < -0.4 is 16.0 Å². The molecule has 4 nitrogen and oxygen atoms in total. The summed E-state index contributed by atoms with van der Waals surface area (Å²) in [5.41, 5.74) is 4.04. The van der Waals surface area contributed by atoms with Crippen LogP contribution in [-0.2, 0) is 4.79 Å². The number of benzene rings is 2. The van der Waals surface area contributed by atoms with Crippen molar-refractivity contribution >= 4 is 50.5 Å². The van der Waals surface area contributed by atoms with Crippen molar-refractivity contribution in [3.05, 3.63) is 58.1 Å². The maximum absolute atomic E-state index is 11.9. The number of amides is 1. The van der Waals surface area contributed by atoms with Crippen LogP contribution in [0.5, 0.6) is 0 Å². The van der Waals surface area contributed by atoms with Gasteiger partial charge in [0.25, 0.3) is 0 Å². The summed E-state index contributed by atoms with van der Waals surface area (Å²) in [6.45, 7) is 4.20. The van der Waals surface area contributed by atoms with Crippen LogP contribution in [-0.4, -0.2) is 17.6 Å². The van der Waals surface area contributed by atoms with Gasteiger partial charge in [0.1, 0.15) is 0 Å². The first-order valence-electron chi connectivity index (χ1n) is 7.12. The van der Waals surface area contributed by atoms with Crippen LogP contribution in [0.15, 0.2) is 46.9 Å². The fraction of sp³-hybridized carbons (Fsp3) is 0.176. The SMILES string of the molecule is Cc1ccc(NC(=S)NCC(=O)Nc2ccccc2Br)cc1C. The Morgan fingerprint density at radius 1 is 1.09 bits per heavy atom. The highest BCUT2D eigenvalue weighted by atomic mass is 79.9. The van der Waals surface area contributed by atoms with Gasteiger partial charge >= 0.3 is 0 Å². The van der Waals surface area contributed by atoms with Crippen LogP contribution in [0, 0.1) is 13.8 Å². The number of halogens is 1. The third-order valence-corrected chi connectivity index (χ3v) is 4.26. The zero-order valence-electron chi connectivity index (χ0n) is 12.9. The molecule has 6 heteroatoms. The van der Waals surface area contributed by atoms with Gasteiger partial charge in [-0.05, 0) is 77.4 Å². The summed E-state index contributed by atoms with van der Waals surface area (Å²) in [5.74, 6) is -0.166. The molecule has 23 heavy (non-hydrogen) atoms. The molecule has 120 valence electrons. The Morgan fingerprint density at radius 3 is 2.52 bits per heavy atom. The number of carbonyl (C=O) groups excluding carboxylic acids is 1. The van der Waals surface area contributed by atoms with E-state index < -0.39 is 0 Å². The molecule has 0 radical (unpaired) electrons. The third-order valence-electron chi connectivity index (χ3n) is 3.32. The molecule has 2 aromatic rings. The predicted octanol–water partition coefficient (Wildman–Crippen LogP) is 3.99. The summed E-state index contributed by atoms with van der Waals surface area (Å²) in [5, 5.41) is 9.19. The number of nitrogens with one attached hydrogen (secondary N) is 3. The zero-order valence-corrected chi connectivity index (χ0v) is 15.3. The molecule has 0 saturated carbocycles. The molecule has 0 atom stereocenters. The monoisotopic (exact) mass is 391 g/mol. The van der Waals surface area contributed by atoms with Crippen molar-refractivity contribution in [1.82, 2.24) is 5.32 Å². The van der Waals surface area contributed by atoms with Crippen molar-refractivity contribution in [2.45, 2.75) is 13.8 Å². The van der Waals surface area contributed by atoms with E-state index in [4.69, 9.17) is 12.2 Å². The lowest BCUT2D eigenvalue weighted by molar-refractivity contribution is -0.115. The van der Waals surface area contributed by atoms with E-state index in [9.17, 15) is 4.79 Å². The van der Waals surface area contributed by atoms with E-state index in [0.29, 0.717) is 5.11 Å². The molecule has 3 N–H and O–H groups in total. The molecule has 0 heterocycles. The lowest BCUT2D eigenvalue weighted by atomic mass is 10.1. The van der Waals surface area contributed by atoms with Gasteiger partial charge in [0, 0.05) is 10.2 Å². The van der Waals surface area contributed by atoms with Crippen LogP contribution >= 0.6 is 28.1 Å². The molecule has 0 saturated heterocycles. The number of anilines is 2. The summed E-state index contributed by atoms with van der Waals surface area (Å²) >= 11 is 8.60. The van der Waals surface area contributed by atoms with Crippen LogP contribution in [0.2, 0.25) is 0 Å². The first-order chi connectivity index (χ1) is 11.0. The van der Waals surface area contributed by atoms with E-state index in [1.807, 2.05) is 49.4 Å².